The summed E-state index contributed by atoms with van der Waals surface area (Å²) >= 11 is 0. The van der Waals surface area contributed by atoms with E-state index < -0.39 is 59.9 Å². The number of methoxy groups -OCH3 is 1. The number of hydrogen-bond acceptors (Lipinski definition) is 6. The number of halogens is 6. The second kappa shape index (κ2) is 10.4. The van der Waals surface area contributed by atoms with Gasteiger partial charge in [0, 0.05) is 24.2 Å². The Morgan fingerprint density at radius 3 is 2.13 bits per heavy atom. The lowest BCUT2D eigenvalue weighted by molar-refractivity contribution is -0.143. The Balaban J connectivity index is 1.83. The van der Waals surface area contributed by atoms with Gasteiger partial charge in [0.25, 0.3) is 0 Å². The van der Waals surface area contributed by atoms with Gasteiger partial charge in [-0.1, -0.05) is 0 Å². The van der Waals surface area contributed by atoms with Crippen LogP contribution in [0.25, 0.3) is 0 Å². The van der Waals surface area contributed by atoms with E-state index in [-0.39, 0.29) is 31.6 Å². The number of fused-ring (bicyclic) bond motifs is 2. The summed E-state index contributed by atoms with van der Waals surface area (Å²) in [5, 5.41) is 0. The lowest BCUT2D eigenvalue weighted by Crippen LogP contribution is -2.47. The number of rotatable bonds is 4. The smallest absolute Gasteiger partial charge is 0.416 e. The first-order chi connectivity index (χ1) is 18.2. The van der Waals surface area contributed by atoms with Crippen LogP contribution in [0, 0.1) is 0 Å². The van der Waals surface area contributed by atoms with E-state index in [9.17, 15) is 35.9 Å². The van der Waals surface area contributed by atoms with Crippen LogP contribution in [0.5, 0.6) is 11.5 Å². The van der Waals surface area contributed by atoms with Crippen LogP contribution in [0.2, 0.25) is 0 Å². The number of anilines is 1. The fourth-order valence-electron chi connectivity index (χ4n) is 4.71. The Kier molecular flexibility index (Phi) is 7.50. The van der Waals surface area contributed by atoms with Gasteiger partial charge in [-0.3, -0.25) is 9.80 Å². The van der Waals surface area contributed by atoms with Gasteiger partial charge < -0.3 is 18.9 Å². The molecule has 2 aromatic carbocycles. The van der Waals surface area contributed by atoms with E-state index in [2.05, 4.69) is 0 Å². The third-order valence-corrected chi connectivity index (χ3v) is 6.40. The van der Waals surface area contributed by atoms with Crippen LogP contribution >= 0.6 is 0 Å². The van der Waals surface area contributed by atoms with Gasteiger partial charge in [-0.05, 0) is 50.1 Å². The maximum atomic E-state index is 13.5. The first kappa shape index (κ1) is 28.2. The quantitative estimate of drug-likeness (QED) is 0.395. The predicted octanol–water partition coefficient (Wildman–Crippen LogP) is 6.52. The summed E-state index contributed by atoms with van der Waals surface area (Å²) in [7, 11) is 1.04. The summed E-state index contributed by atoms with van der Waals surface area (Å²) in [5.41, 5.74) is -2.79. The van der Waals surface area contributed by atoms with Crippen molar-refractivity contribution in [3.8, 4) is 11.5 Å². The van der Waals surface area contributed by atoms with E-state index >= 15 is 0 Å². The molecule has 0 fully saturated rings. The third kappa shape index (κ3) is 5.64. The van der Waals surface area contributed by atoms with Crippen molar-refractivity contribution in [1.29, 1.82) is 0 Å². The van der Waals surface area contributed by atoms with Crippen molar-refractivity contribution in [3.05, 3.63) is 52.6 Å². The molecular formula is C25H24F6N2O6. The number of hydrogen-bond donors (Lipinski definition) is 0. The third-order valence-electron chi connectivity index (χ3n) is 6.40. The molecule has 2 aliphatic heterocycles. The minimum Gasteiger partial charge on any atom is -0.454 e. The number of alkyl halides is 6. The molecule has 0 saturated heterocycles. The normalized spacial score (nSPS) is 18.4. The van der Waals surface area contributed by atoms with Crippen molar-refractivity contribution in [2.45, 2.75) is 51.2 Å². The van der Waals surface area contributed by atoms with Crippen molar-refractivity contribution in [2.24, 2.45) is 0 Å². The maximum absolute atomic E-state index is 13.5. The zero-order valence-corrected chi connectivity index (χ0v) is 21.0. The highest BCUT2D eigenvalue weighted by Gasteiger charge is 2.42. The van der Waals surface area contributed by atoms with Crippen molar-refractivity contribution in [1.82, 2.24) is 4.90 Å². The highest BCUT2D eigenvalue weighted by Crippen LogP contribution is 2.48. The fourth-order valence-corrected chi connectivity index (χ4v) is 4.71. The van der Waals surface area contributed by atoms with Crippen molar-refractivity contribution < 1.29 is 54.9 Å². The lowest BCUT2D eigenvalue weighted by Gasteiger charge is -2.42. The molecule has 2 aromatic rings. The first-order valence-corrected chi connectivity index (χ1v) is 11.8. The molecule has 0 bridgehead atoms. The predicted molar refractivity (Wildman–Crippen MR) is 123 cm³/mol. The average molecular weight is 562 g/mol. The number of amides is 2. The van der Waals surface area contributed by atoms with Gasteiger partial charge in [-0.25, -0.2) is 9.59 Å². The van der Waals surface area contributed by atoms with E-state index in [1.54, 1.807) is 13.8 Å². The van der Waals surface area contributed by atoms with Crippen molar-refractivity contribution in [2.75, 3.05) is 25.4 Å². The zero-order chi connectivity index (χ0) is 28.7. The van der Waals surface area contributed by atoms with Crippen LogP contribution in [-0.4, -0.2) is 43.6 Å². The van der Waals surface area contributed by atoms with Crippen LogP contribution < -0.4 is 14.4 Å². The Bertz CT molecular complexity index is 1230. The van der Waals surface area contributed by atoms with E-state index in [1.165, 1.54) is 17.0 Å². The minimum atomic E-state index is -5.06. The van der Waals surface area contributed by atoms with E-state index in [1.807, 2.05) is 0 Å². The number of benzene rings is 2. The molecule has 0 radical (unpaired) electrons. The molecule has 4 rings (SSSR count). The largest absolute Gasteiger partial charge is 0.454 e. The second-order valence-electron chi connectivity index (χ2n) is 8.95. The Morgan fingerprint density at radius 1 is 1.00 bits per heavy atom. The van der Waals surface area contributed by atoms with E-state index in [0.29, 0.717) is 29.2 Å². The Morgan fingerprint density at radius 2 is 1.59 bits per heavy atom. The number of nitrogens with zero attached hydrogens (tertiary/aromatic N) is 2. The molecule has 0 aliphatic carbocycles. The van der Waals surface area contributed by atoms with Crippen LogP contribution in [0.4, 0.5) is 41.6 Å². The molecule has 2 aliphatic rings. The highest BCUT2D eigenvalue weighted by molar-refractivity contribution is 5.91. The summed E-state index contributed by atoms with van der Waals surface area (Å²) < 4.78 is 102. The van der Waals surface area contributed by atoms with Gasteiger partial charge in [0.1, 0.15) is 0 Å². The molecule has 2 amide bonds. The fraction of sp³-hybridized carbons (Fsp3) is 0.440. The summed E-state index contributed by atoms with van der Waals surface area (Å²) in [6, 6.07) is 2.64. The molecule has 39 heavy (non-hydrogen) atoms. The topological polar surface area (TPSA) is 77.5 Å². The molecule has 0 N–H and O–H groups in total. The maximum Gasteiger partial charge on any atom is 0.416 e. The highest BCUT2D eigenvalue weighted by atomic mass is 19.4. The zero-order valence-electron chi connectivity index (χ0n) is 21.0. The average Bonchev–Trinajstić information content (AvgIpc) is 3.31. The van der Waals surface area contributed by atoms with Gasteiger partial charge >= 0.3 is 24.5 Å². The molecule has 8 nitrogen and oxygen atoms in total. The summed E-state index contributed by atoms with van der Waals surface area (Å²) in [4.78, 5) is 28.1. The molecule has 14 heteroatoms. The van der Waals surface area contributed by atoms with E-state index in [0.717, 1.165) is 12.0 Å². The summed E-state index contributed by atoms with van der Waals surface area (Å²) in [6.07, 6.45) is -11.7. The molecule has 2 atom stereocenters. The van der Waals surface area contributed by atoms with Gasteiger partial charge in [0.05, 0.1) is 36.6 Å². The summed E-state index contributed by atoms with van der Waals surface area (Å²) in [5.74, 6) is 0.605. The second-order valence-corrected chi connectivity index (χ2v) is 8.95. The van der Waals surface area contributed by atoms with Crippen LogP contribution in [-0.2, 0) is 28.4 Å². The van der Waals surface area contributed by atoms with Crippen LogP contribution in [0.15, 0.2) is 30.3 Å². The molecular weight excluding hydrogens is 538 g/mol. The van der Waals surface area contributed by atoms with Gasteiger partial charge in [0.15, 0.2) is 11.5 Å². The molecule has 0 aromatic heterocycles. The van der Waals surface area contributed by atoms with Crippen molar-refractivity contribution in [3.63, 3.8) is 0 Å². The van der Waals surface area contributed by atoms with Crippen LogP contribution in [0.1, 0.15) is 48.6 Å². The monoisotopic (exact) mass is 562 g/mol. The molecule has 212 valence electrons. The molecule has 0 spiro atoms. The van der Waals surface area contributed by atoms with Crippen LogP contribution in [0.3, 0.4) is 0 Å². The van der Waals surface area contributed by atoms with Gasteiger partial charge in [-0.2, -0.15) is 26.3 Å². The lowest BCUT2D eigenvalue weighted by atomic mass is 9.90. The summed E-state index contributed by atoms with van der Waals surface area (Å²) in [6.45, 7) is 2.61. The molecule has 0 saturated carbocycles. The molecule has 0 unspecified atom stereocenters. The number of carbonyl (C=O) groups is 2. The standard InChI is InChI=1S/C25H24F6N2O6/c1-4-37-23(35)33-13(2)5-18(17-9-20-21(10-19(17)33)39-12-38-20)32(22(34)36-3)11-14-6-15(24(26,27)28)8-16(7-14)25(29,30)31/h6-10,13,18H,4-5,11-12H2,1-3H3/t13-,18+/m0/s1. The Hall–Kier alpha value is -3.84. The van der Waals surface area contributed by atoms with Gasteiger partial charge in [-0.15, -0.1) is 0 Å². The Labute approximate surface area is 219 Å². The van der Waals surface area contributed by atoms with Gasteiger partial charge in [0.2, 0.25) is 6.79 Å². The number of carbonyl (C=O) groups excluding carboxylic acids is 2. The van der Waals surface area contributed by atoms with Crippen molar-refractivity contribution >= 4 is 17.9 Å². The SMILES string of the molecule is CCOC(=O)N1c2cc3c(cc2[C@H](N(Cc2cc(C(F)(F)F)cc(C(F)(F)F)c2)C(=O)OC)C[C@@H]1C)OCO3. The molecule has 2 heterocycles. The number of ether oxygens (including phenoxy) is 4. The first-order valence-electron chi connectivity index (χ1n) is 11.8. The minimum absolute atomic E-state index is 0.0157. The van der Waals surface area contributed by atoms with E-state index in [4.69, 9.17) is 18.9 Å².